The predicted molar refractivity (Wildman–Crippen MR) is 92.3 cm³/mol. The van der Waals surface area contributed by atoms with Gasteiger partial charge in [-0.25, -0.2) is 18.2 Å². The monoisotopic (exact) mass is 362 g/mol. The van der Waals surface area contributed by atoms with Crippen LogP contribution in [0.1, 0.15) is 31.1 Å². The van der Waals surface area contributed by atoms with E-state index in [2.05, 4.69) is 4.39 Å². The van der Waals surface area contributed by atoms with Gasteiger partial charge < -0.3 is 4.74 Å². The summed E-state index contributed by atoms with van der Waals surface area (Å²) in [6, 6.07) is 4.57. The fraction of sp³-hybridized carbons (Fsp3) is 0.500. The van der Waals surface area contributed by atoms with Crippen LogP contribution in [0.2, 0.25) is 23.2 Å². The number of rotatable bonds is 4. The lowest BCUT2D eigenvalue weighted by atomic mass is 10.2. The van der Waals surface area contributed by atoms with Crippen molar-refractivity contribution in [1.29, 1.82) is 4.78 Å². The third kappa shape index (κ3) is 3.89. The molecule has 0 aliphatic heterocycles. The van der Waals surface area contributed by atoms with Crippen molar-refractivity contribution in [2.45, 2.75) is 43.8 Å². The number of carbonyl (C=O) groups is 1. The number of hydrogen-bond donors (Lipinski definition) is 2. The highest BCUT2D eigenvalue weighted by Gasteiger charge is 2.39. The van der Waals surface area contributed by atoms with Gasteiger partial charge in [-0.05, 0) is 17.2 Å². The lowest BCUT2D eigenvalue weighted by molar-refractivity contribution is 0.0596. The maximum atomic E-state index is 13.0. The lowest BCUT2D eigenvalue weighted by Gasteiger charge is -2.37. The van der Waals surface area contributed by atoms with Crippen LogP contribution in [-0.4, -0.2) is 25.5 Å². The van der Waals surface area contributed by atoms with E-state index >= 15 is 0 Å². The van der Waals surface area contributed by atoms with E-state index in [1.54, 1.807) is 6.07 Å². The van der Waals surface area contributed by atoms with E-state index in [0.717, 1.165) is 0 Å². The van der Waals surface area contributed by atoms with Crippen LogP contribution in [0.25, 0.3) is 0 Å². The minimum Gasteiger partial charge on any atom is -0.465 e. The molecule has 5 nitrogen and oxygen atoms in total. The number of ether oxygens (including phenoxy) is 1. The Morgan fingerprint density at radius 3 is 2.36 bits per heavy atom. The fourth-order valence-corrected chi connectivity index (χ4v) is 7.21. The average molecular weight is 363 g/mol. The summed E-state index contributed by atoms with van der Waals surface area (Å²) in [7, 11) is -4.37. The van der Waals surface area contributed by atoms with Crippen molar-refractivity contribution in [2.75, 3.05) is 7.11 Å². The SMILES string of the molecule is COC(=O)c1c(Cl)cccc1S(=N)(=O)N[Si](C)(C)C(C)(C)C. The molecule has 0 aliphatic rings. The van der Waals surface area contributed by atoms with Crippen molar-refractivity contribution >= 4 is 35.7 Å². The van der Waals surface area contributed by atoms with E-state index in [1.165, 1.54) is 19.2 Å². The molecule has 0 heterocycles. The predicted octanol–water partition coefficient (Wildman–Crippen LogP) is 4.04. The van der Waals surface area contributed by atoms with Crippen LogP contribution >= 0.6 is 11.6 Å². The van der Waals surface area contributed by atoms with Crippen molar-refractivity contribution in [3.8, 4) is 0 Å². The summed E-state index contributed by atoms with van der Waals surface area (Å²) < 4.78 is 29.0. The molecule has 1 atom stereocenters. The van der Waals surface area contributed by atoms with E-state index in [9.17, 15) is 9.00 Å². The molecule has 0 saturated carbocycles. The van der Waals surface area contributed by atoms with Gasteiger partial charge in [0, 0.05) is 0 Å². The molecule has 0 radical (unpaired) electrons. The van der Waals surface area contributed by atoms with E-state index in [0.29, 0.717) is 0 Å². The zero-order chi connectivity index (χ0) is 17.3. The van der Waals surface area contributed by atoms with Crippen molar-refractivity contribution < 1.29 is 13.7 Å². The van der Waals surface area contributed by atoms with Gasteiger partial charge in [-0.15, -0.1) is 0 Å². The Labute approximate surface area is 138 Å². The van der Waals surface area contributed by atoms with Crippen molar-refractivity contribution in [1.82, 2.24) is 4.39 Å². The molecular weight excluding hydrogens is 340 g/mol. The van der Waals surface area contributed by atoms with Crippen LogP contribution in [0.15, 0.2) is 23.1 Å². The van der Waals surface area contributed by atoms with Gasteiger partial charge >= 0.3 is 5.97 Å². The minimum atomic E-state index is -3.38. The molecule has 8 heteroatoms. The first-order valence-electron chi connectivity index (χ1n) is 6.78. The molecule has 1 unspecified atom stereocenters. The van der Waals surface area contributed by atoms with Gasteiger partial charge in [0.1, 0.15) is 18.2 Å². The van der Waals surface area contributed by atoms with Gasteiger partial charge in [0.05, 0.1) is 22.6 Å². The Kier molecular flexibility index (Phi) is 5.49. The standard InChI is InChI=1S/C14H23ClN2O3SSi/c1-14(2,3)22(5,6)17-21(16,19)11-9-7-8-10(15)12(11)13(18)20-4/h7-9H,1-6H3,(H2,16,17,19). The first-order chi connectivity index (χ1) is 9.83. The van der Waals surface area contributed by atoms with Crippen LogP contribution in [0, 0.1) is 4.78 Å². The second-order valence-corrected chi connectivity index (χ2v) is 14.2. The molecule has 0 spiro atoms. The van der Waals surface area contributed by atoms with E-state index in [1.807, 2.05) is 33.9 Å². The summed E-state index contributed by atoms with van der Waals surface area (Å²) in [5, 5.41) is 0.0159. The topological polar surface area (TPSA) is 79.2 Å². The molecule has 1 rings (SSSR count). The average Bonchev–Trinajstić information content (AvgIpc) is 2.35. The number of nitrogens with one attached hydrogen (secondary N) is 2. The van der Waals surface area contributed by atoms with E-state index in [-0.39, 0.29) is 20.5 Å². The van der Waals surface area contributed by atoms with Gasteiger partial charge in [0.2, 0.25) is 0 Å². The Morgan fingerprint density at radius 1 is 1.36 bits per heavy atom. The Hall–Kier alpha value is -0.893. The summed E-state index contributed by atoms with van der Waals surface area (Å²) in [6.45, 7) is 10.1. The minimum absolute atomic E-state index is 0.0159. The fourth-order valence-electron chi connectivity index (χ4n) is 1.61. The molecule has 0 bridgehead atoms. The Bertz CT molecular complexity index is 682. The quantitative estimate of drug-likeness (QED) is 0.626. The zero-order valence-electron chi connectivity index (χ0n) is 13.7. The van der Waals surface area contributed by atoms with Gasteiger partial charge in [-0.1, -0.05) is 51.5 Å². The van der Waals surface area contributed by atoms with Crippen molar-refractivity contribution in [2.24, 2.45) is 0 Å². The summed E-state index contributed by atoms with van der Waals surface area (Å²) in [5.74, 6) is -0.697. The van der Waals surface area contributed by atoms with Crippen LogP contribution in [0.3, 0.4) is 0 Å². The van der Waals surface area contributed by atoms with Crippen molar-refractivity contribution in [3.63, 3.8) is 0 Å². The highest BCUT2D eigenvalue weighted by atomic mass is 35.5. The highest BCUT2D eigenvalue weighted by Crippen LogP contribution is 2.35. The number of benzene rings is 1. The third-order valence-electron chi connectivity index (χ3n) is 3.95. The maximum Gasteiger partial charge on any atom is 0.340 e. The molecule has 1 aromatic carbocycles. The highest BCUT2D eigenvalue weighted by molar-refractivity contribution is 7.92. The molecule has 0 amide bonds. The molecule has 1 aromatic rings. The van der Waals surface area contributed by atoms with Crippen molar-refractivity contribution in [3.05, 3.63) is 28.8 Å². The second kappa shape index (κ2) is 6.31. The second-order valence-electron chi connectivity index (χ2n) is 6.64. The number of esters is 1. The summed E-state index contributed by atoms with van der Waals surface area (Å²) in [6.07, 6.45) is 0. The number of methoxy groups -OCH3 is 1. The normalized spacial score (nSPS) is 15.2. The largest absolute Gasteiger partial charge is 0.465 e. The first-order valence-corrected chi connectivity index (χ1v) is 11.7. The molecular formula is C14H23ClN2O3SSi. The number of hydrogen-bond acceptors (Lipinski definition) is 4. The van der Waals surface area contributed by atoms with Gasteiger partial charge in [0.25, 0.3) is 0 Å². The molecule has 22 heavy (non-hydrogen) atoms. The van der Waals surface area contributed by atoms with Crippen LogP contribution in [0.4, 0.5) is 0 Å². The smallest absolute Gasteiger partial charge is 0.340 e. The first kappa shape index (κ1) is 19.2. The van der Waals surface area contributed by atoms with E-state index in [4.69, 9.17) is 21.1 Å². The van der Waals surface area contributed by atoms with Gasteiger partial charge in [-0.3, -0.25) is 0 Å². The maximum absolute atomic E-state index is 13.0. The van der Waals surface area contributed by atoms with Crippen LogP contribution in [0.5, 0.6) is 0 Å². The number of halogens is 1. The third-order valence-corrected chi connectivity index (χ3v) is 12.2. The lowest BCUT2D eigenvalue weighted by Crippen LogP contribution is -2.54. The molecule has 124 valence electrons. The molecule has 0 saturated heterocycles. The molecule has 2 N–H and O–H groups in total. The van der Waals surface area contributed by atoms with Gasteiger partial charge in [0.15, 0.2) is 0 Å². The zero-order valence-corrected chi connectivity index (χ0v) is 16.3. The summed E-state index contributed by atoms with van der Waals surface area (Å²) in [4.78, 5) is 12.0. The molecule has 0 aromatic heterocycles. The summed E-state index contributed by atoms with van der Waals surface area (Å²) >= 11 is 6.04. The van der Waals surface area contributed by atoms with E-state index < -0.39 is 24.1 Å². The summed E-state index contributed by atoms with van der Waals surface area (Å²) in [5.41, 5.74) is -0.0159. The Morgan fingerprint density at radius 2 is 1.91 bits per heavy atom. The number of carbonyl (C=O) groups excluding carboxylic acids is 1. The Balaban J connectivity index is 3.43. The van der Waals surface area contributed by atoms with Crippen LogP contribution in [-0.2, 0) is 14.7 Å². The molecule has 0 aliphatic carbocycles. The molecule has 0 fully saturated rings. The van der Waals surface area contributed by atoms with Gasteiger partial charge in [-0.2, -0.15) is 0 Å². The van der Waals surface area contributed by atoms with Crippen LogP contribution < -0.4 is 4.39 Å².